The van der Waals surface area contributed by atoms with E-state index in [4.69, 9.17) is 23.2 Å². The number of carbonyl (C=O) groups excluding carboxylic acids is 1. The van der Waals surface area contributed by atoms with Crippen LogP contribution in [-0.4, -0.2) is 16.9 Å². The van der Waals surface area contributed by atoms with Crippen LogP contribution in [0.15, 0.2) is 48.5 Å². The Morgan fingerprint density at radius 1 is 1.12 bits per heavy atom. The van der Waals surface area contributed by atoms with Crippen LogP contribution in [0.4, 0.5) is 0 Å². The molecule has 3 aromatic rings. The van der Waals surface area contributed by atoms with Gasteiger partial charge in [-0.3, -0.25) is 4.79 Å². The number of aromatic nitrogens is 1. The number of carbonyl (C=O) groups is 1. The minimum absolute atomic E-state index is 0.103. The van der Waals surface area contributed by atoms with E-state index in [2.05, 4.69) is 10.3 Å². The minimum atomic E-state index is -0.103. The maximum atomic E-state index is 12.7. The fourth-order valence-corrected chi connectivity index (χ4v) is 2.87. The Labute approximate surface area is 157 Å². The van der Waals surface area contributed by atoms with E-state index in [9.17, 15) is 4.79 Å². The highest BCUT2D eigenvalue weighted by Crippen LogP contribution is 2.30. The zero-order valence-electron chi connectivity index (χ0n) is 14.0. The molecule has 0 aliphatic carbocycles. The Balaban J connectivity index is 2.15. The van der Waals surface area contributed by atoms with Crippen molar-refractivity contribution in [3.8, 4) is 11.3 Å². The van der Waals surface area contributed by atoms with Gasteiger partial charge in [0.05, 0.1) is 26.8 Å². The van der Waals surface area contributed by atoms with Gasteiger partial charge in [-0.05, 0) is 37.6 Å². The van der Waals surface area contributed by atoms with Crippen molar-refractivity contribution in [1.29, 1.82) is 0 Å². The van der Waals surface area contributed by atoms with E-state index in [1.54, 1.807) is 18.2 Å². The number of amides is 1. The standard InChI is InChI=1S/C20H18Cl2N2O/c1-3-12(2)23-20(25)15-11-19(13-8-9-16(21)17(22)10-13)24-18-7-5-4-6-14(15)18/h4-12H,3H2,1-2H3,(H,23,25). The molecule has 1 amide bonds. The Hall–Kier alpha value is -2.10. The van der Waals surface area contributed by atoms with Crippen molar-refractivity contribution in [3.05, 3.63) is 64.1 Å². The van der Waals surface area contributed by atoms with E-state index in [-0.39, 0.29) is 11.9 Å². The number of rotatable bonds is 4. The Morgan fingerprint density at radius 3 is 2.60 bits per heavy atom. The van der Waals surface area contributed by atoms with Crippen LogP contribution in [0.3, 0.4) is 0 Å². The minimum Gasteiger partial charge on any atom is -0.350 e. The van der Waals surface area contributed by atoms with Crippen molar-refractivity contribution in [3.63, 3.8) is 0 Å². The van der Waals surface area contributed by atoms with E-state index in [1.165, 1.54) is 0 Å². The number of hydrogen-bond acceptors (Lipinski definition) is 2. The first-order valence-corrected chi connectivity index (χ1v) is 8.91. The number of hydrogen-bond donors (Lipinski definition) is 1. The van der Waals surface area contributed by atoms with Gasteiger partial charge in [0.2, 0.25) is 0 Å². The SMILES string of the molecule is CCC(C)NC(=O)c1cc(-c2ccc(Cl)c(Cl)c2)nc2ccccc12. The summed E-state index contributed by atoms with van der Waals surface area (Å²) >= 11 is 12.1. The first-order valence-electron chi connectivity index (χ1n) is 8.15. The normalized spacial score (nSPS) is 12.2. The van der Waals surface area contributed by atoms with Crippen LogP contribution in [0.5, 0.6) is 0 Å². The third-order valence-corrected chi connectivity index (χ3v) is 4.91. The molecule has 1 atom stereocenters. The fraction of sp³-hybridized carbons (Fsp3) is 0.200. The molecular weight excluding hydrogens is 355 g/mol. The highest BCUT2D eigenvalue weighted by Gasteiger charge is 2.15. The zero-order chi connectivity index (χ0) is 18.0. The third kappa shape index (κ3) is 3.78. The van der Waals surface area contributed by atoms with Crippen molar-refractivity contribution in [2.24, 2.45) is 0 Å². The summed E-state index contributed by atoms with van der Waals surface area (Å²) in [7, 11) is 0. The lowest BCUT2D eigenvalue weighted by atomic mass is 10.0. The van der Waals surface area contributed by atoms with E-state index in [1.807, 2.05) is 44.2 Å². The molecule has 0 saturated heterocycles. The number of nitrogens with one attached hydrogen (secondary N) is 1. The van der Waals surface area contributed by atoms with Gasteiger partial charge >= 0.3 is 0 Å². The maximum absolute atomic E-state index is 12.7. The molecule has 128 valence electrons. The average molecular weight is 373 g/mol. The molecule has 3 nitrogen and oxygen atoms in total. The maximum Gasteiger partial charge on any atom is 0.252 e. The van der Waals surface area contributed by atoms with E-state index >= 15 is 0 Å². The van der Waals surface area contributed by atoms with Crippen molar-refractivity contribution in [2.45, 2.75) is 26.3 Å². The molecule has 5 heteroatoms. The van der Waals surface area contributed by atoms with Gasteiger partial charge in [0, 0.05) is 17.0 Å². The second-order valence-electron chi connectivity index (χ2n) is 5.98. The van der Waals surface area contributed by atoms with Crippen LogP contribution >= 0.6 is 23.2 Å². The number of para-hydroxylation sites is 1. The van der Waals surface area contributed by atoms with Gasteiger partial charge < -0.3 is 5.32 Å². The fourth-order valence-electron chi connectivity index (χ4n) is 2.57. The molecule has 1 N–H and O–H groups in total. The third-order valence-electron chi connectivity index (χ3n) is 4.17. The van der Waals surface area contributed by atoms with Gasteiger partial charge in [-0.1, -0.05) is 54.4 Å². The molecule has 0 bridgehead atoms. The van der Waals surface area contributed by atoms with Crippen LogP contribution < -0.4 is 5.32 Å². The van der Waals surface area contributed by atoms with Gasteiger partial charge in [-0.15, -0.1) is 0 Å². The van der Waals surface area contributed by atoms with Crippen molar-refractivity contribution in [2.75, 3.05) is 0 Å². The zero-order valence-corrected chi connectivity index (χ0v) is 15.5. The summed E-state index contributed by atoms with van der Waals surface area (Å²) in [5, 5.41) is 4.79. The number of benzene rings is 2. The Morgan fingerprint density at radius 2 is 1.88 bits per heavy atom. The highest BCUT2D eigenvalue weighted by atomic mass is 35.5. The predicted octanol–water partition coefficient (Wildman–Crippen LogP) is 5.74. The lowest BCUT2D eigenvalue weighted by Crippen LogP contribution is -2.32. The first kappa shape index (κ1) is 17.7. The van der Waals surface area contributed by atoms with Crippen LogP contribution in [0.1, 0.15) is 30.6 Å². The second-order valence-corrected chi connectivity index (χ2v) is 6.80. The van der Waals surface area contributed by atoms with E-state index in [0.29, 0.717) is 21.3 Å². The summed E-state index contributed by atoms with van der Waals surface area (Å²) in [6.45, 7) is 4.03. The summed E-state index contributed by atoms with van der Waals surface area (Å²) in [4.78, 5) is 17.4. The van der Waals surface area contributed by atoms with Crippen molar-refractivity contribution in [1.82, 2.24) is 10.3 Å². The summed E-state index contributed by atoms with van der Waals surface area (Å²) in [5.41, 5.74) is 2.87. The quantitative estimate of drug-likeness (QED) is 0.634. The molecule has 0 radical (unpaired) electrons. The van der Waals surface area contributed by atoms with Gasteiger partial charge in [-0.25, -0.2) is 4.98 Å². The van der Waals surface area contributed by atoms with Crippen LogP contribution in [0.25, 0.3) is 22.2 Å². The number of halogens is 2. The Kier molecular flexibility index (Phi) is 5.26. The molecule has 1 aromatic heterocycles. The molecule has 1 heterocycles. The monoisotopic (exact) mass is 372 g/mol. The topological polar surface area (TPSA) is 42.0 Å². The van der Waals surface area contributed by atoms with Gasteiger partial charge in [0.15, 0.2) is 0 Å². The lowest BCUT2D eigenvalue weighted by Gasteiger charge is -2.14. The molecule has 0 fully saturated rings. The molecule has 1 unspecified atom stereocenters. The van der Waals surface area contributed by atoms with E-state index in [0.717, 1.165) is 22.9 Å². The average Bonchev–Trinajstić information content (AvgIpc) is 2.62. The molecule has 25 heavy (non-hydrogen) atoms. The summed E-state index contributed by atoms with van der Waals surface area (Å²) < 4.78 is 0. The summed E-state index contributed by atoms with van der Waals surface area (Å²) in [6, 6.07) is 14.9. The first-order chi connectivity index (χ1) is 12.0. The van der Waals surface area contributed by atoms with Crippen LogP contribution in [0, 0.1) is 0 Å². The smallest absolute Gasteiger partial charge is 0.252 e. The van der Waals surface area contributed by atoms with Gasteiger partial charge in [-0.2, -0.15) is 0 Å². The molecular formula is C20H18Cl2N2O. The molecule has 3 rings (SSSR count). The number of nitrogens with zero attached hydrogens (tertiary/aromatic N) is 1. The lowest BCUT2D eigenvalue weighted by molar-refractivity contribution is 0.0941. The predicted molar refractivity (Wildman–Crippen MR) is 104 cm³/mol. The number of pyridine rings is 1. The molecule has 0 saturated carbocycles. The molecule has 0 spiro atoms. The largest absolute Gasteiger partial charge is 0.350 e. The van der Waals surface area contributed by atoms with Crippen LogP contribution in [0.2, 0.25) is 10.0 Å². The van der Waals surface area contributed by atoms with Gasteiger partial charge in [0.25, 0.3) is 5.91 Å². The summed E-state index contributed by atoms with van der Waals surface area (Å²) in [6.07, 6.45) is 0.869. The van der Waals surface area contributed by atoms with Crippen molar-refractivity contribution >= 4 is 40.0 Å². The highest BCUT2D eigenvalue weighted by molar-refractivity contribution is 6.42. The Bertz CT molecular complexity index is 940. The van der Waals surface area contributed by atoms with Crippen LogP contribution in [-0.2, 0) is 0 Å². The number of fused-ring (bicyclic) bond motifs is 1. The van der Waals surface area contributed by atoms with Crippen molar-refractivity contribution < 1.29 is 4.79 Å². The second kappa shape index (κ2) is 7.42. The molecule has 2 aromatic carbocycles. The molecule has 0 aliphatic rings. The summed E-state index contributed by atoms with van der Waals surface area (Å²) in [5.74, 6) is -0.103. The van der Waals surface area contributed by atoms with E-state index < -0.39 is 0 Å². The molecule has 0 aliphatic heterocycles. The van der Waals surface area contributed by atoms with Gasteiger partial charge in [0.1, 0.15) is 0 Å².